The van der Waals surface area contributed by atoms with Crippen molar-refractivity contribution in [3.63, 3.8) is 0 Å². The molecule has 0 radical (unpaired) electrons. The zero-order chi connectivity index (χ0) is 18.6. The number of ketones is 1. The van der Waals surface area contributed by atoms with Crippen LogP contribution >= 0.6 is 0 Å². The molecule has 7 heteroatoms. The number of carbonyl (C=O) groups excluding carboxylic acids is 1. The second-order valence-corrected chi connectivity index (χ2v) is 5.54. The average Bonchev–Trinajstić information content (AvgIpc) is 2.54. The highest BCUT2D eigenvalue weighted by atomic mass is 19.4. The lowest BCUT2D eigenvalue weighted by Gasteiger charge is -2.11. The summed E-state index contributed by atoms with van der Waals surface area (Å²) in [6.45, 7) is 0. The van der Waals surface area contributed by atoms with Crippen LogP contribution in [0.25, 0.3) is 0 Å². The fourth-order valence-corrected chi connectivity index (χ4v) is 2.10. The summed E-state index contributed by atoms with van der Waals surface area (Å²) >= 11 is 0. The first-order valence-corrected chi connectivity index (χ1v) is 7.38. The predicted molar refractivity (Wildman–Crippen MR) is 89.3 cm³/mol. The largest absolute Gasteiger partial charge is 0.419 e. The molecule has 0 atom stereocenters. The maximum Gasteiger partial charge on any atom is 0.419 e. The lowest BCUT2D eigenvalue weighted by molar-refractivity contribution is -0.140. The van der Waals surface area contributed by atoms with Gasteiger partial charge in [-0.3, -0.25) is 9.79 Å². The van der Waals surface area contributed by atoms with E-state index in [1.165, 1.54) is 6.21 Å². The maximum absolute atomic E-state index is 13.2. The Balaban J connectivity index is 2.07. The molecule has 0 aliphatic carbocycles. The van der Waals surface area contributed by atoms with Gasteiger partial charge in [0.15, 0.2) is 5.78 Å². The molecule has 0 amide bonds. The number of carbonyl (C=O) groups is 1. The van der Waals surface area contributed by atoms with Gasteiger partial charge in [-0.15, -0.1) is 0 Å². The minimum Gasteiger partial charge on any atom is -0.378 e. The van der Waals surface area contributed by atoms with Gasteiger partial charge in [-0.25, -0.2) is 4.39 Å². The lowest BCUT2D eigenvalue weighted by atomic mass is 10.0. The highest BCUT2D eigenvalue weighted by molar-refractivity contribution is 6.04. The minimum atomic E-state index is -4.84. The van der Waals surface area contributed by atoms with E-state index in [4.69, 9.17) is 0 Å². The summed E-state index contributed by atoms with van der Waals surface area (Å²) in [4.78, 5) is 18.0. The van der Waals surface area contributed by atoms with E-state index in [-0.39, 0.29) is 12.0 Å². The highest BCUT2D eigenvalue weighted by Gasteiger charge is 2.34. The summed E-state index contributed by atoms with van der Waals surface area (Å²) in [5, 5.41) is 0. The molecule has 2 aromatic rings. The molecule has 0 spiro atoms. The van der Waals surface area contributed by atoms with Crippen molar-refractivity contribution in [1.82, 2.24) is 0 Å². The second kappa shape index (κ2) is 7.46. The number of anilines is 1. The van der Waals surface area contributed by atoms with Gasteiger partial charge in [-0.05, 0) is 42.5 Å². The Kier molecular flexibility index (Phi) is 5.56. The summed E-state index contributed by atoms with van der Waals surface area (Å²) in [6.07, 6.45) is -3.70. The van der Waals surface area contributed by atoms with Crippen LogP contribution in [0.1, 0.15) is 22.3 Å². The third-order valence-corrected chi connectivity index (χ3v) is 3.48. The summed E-state index contributed by atoms with van der Waals surface area (Å²) in [6, 6.07) is 9.43. The van der Waals surface area contributed by atoms with Crippen molar-refractivity contribution in [1.29, 1.82) is 0 Å². The number of hydrogen-bond donors (Lipinski definition) is 0. The van der Waals surface area contributed by atoms with Crippen LogP contribution < -0.4 is 4.90 Å². The topological polar surface area (TPSA) is 32.7 Å². The highest BCUT2D eigenvalue weighted by Crippen LogP contribution is 2.32. The molecule has 0 aliphatic rings. The number of aliphatic imine (C=N–C) groups is 1. The normalized spacial score (nSPS) is 11.8. The SMILES string of the molecule is CN(C)c1ccc(N=CCC(=O)c2ccc(F)c(C(F)(F)F)c2)cc1. The van der Waals surface area contributed by atoms with E-state index < -0.39 is 23.3 Å². The predicted octanol–water partition coefficient (Wildman–Crippen LogP) is 4.89. The van der Waals surface area contributed by atoms with Gasteiger partial charge < -0.3 is 4.90 Å². The number of hydrogen-bond acceptors (Lipinski definition) is 3. The van der Waals surface area contributed by atoms with E-state index >= 15 is 0 Å². The van der Waals surface area contributed by atoms with Gasteiger partial charge in [0.2, 0.25) is 0 Å². The first kappa shape index (κ1) is 18.6. The van der Waals surface area contributed by atoms with E-state index in [2.05, 4.69) is 4.99 Å². The van der Waals surface area contributed by atoms with Crippen molar-refractivity contribution in [2.45, 2.75) is 12.6 Å². The van der Waals surface area contributed by atoms with E-state index in [1.807, 2.05) is 31.1 Å². The number of alkyl halides is 3. The van der Waals surface area contributed by atoms with Gasteiger partial charge in [0.1, 0.15) is 5.82 Å². The molecule has 0 unspecified atom stereocenters. The molecule has 132 valence electrons. The zero-order valence-electron chi connectivity index (χ0n) is 13.6. The molecule has 2 rings (SSSR count). The average molecular weight is 352 g/mol. The van der Waals surface area contributed by atoms with Crippen molar-refractivity contribution >= 4 is 23.4 Å². The van der Waals surface area contributed by atoms with Crippen LogP contribution in [0.2, 0.25) is 0 Å². The third-order valence-electron chi connectivity index (χ3n) is 3.48. The molecular formula is C18H16F4N2O. The molecule has 3 nitrogen and oxygen atoms in total. The van der Waals surface area contributed by atoms with Crippen molar-refractivity contribution in [3.8, 4) is 0 Å². The van der Waals surface area contributed by atoms with Crippen molar-refractivity contribution in [3.05, 3.63) is 59.4 Å². The summed E-state index contributed by atoms with van der Waals surface area (Å²) < 4.78 is 51.3. The number of halogens is 4. The number of benzene rings is 2. The molecule has 25 heavy (non-hydrogen) atoms. The molecule has 0 saturated heterocycles. The Bertz CT molecular complexity index is 781. The van der Waals surface area contributed by atoms with Gasteiger partial charge in [-0.1, -0.05) is 0 Å². The lowest BCUT2D eigenvalue weighted by Crippen LogP contribution is -2.10. The van der Waals surface area contributed by atoms with Gasteiger partial charge in [0, 0.05) is 38.0 Å². The molecule has 0 fully saturated rings. The molecule has 0 N–H and O–H groups in total. The summed E-state index contributed by atoms with van der Waals surface area (Å²) in [5.74, 6) is -1.97. The van der Waals surface area contributed by atoms with E-state index in [0.29, 0.717) is 17.8 Å². The third kappa shape index (κ3) is 4.89. The van der Waals surface area contributed by atoms with Crippen molar-refractivity contribution in [2.75, 3.05) is 19.0 Å². The van der Waals surface area contributed by atoms with Gasteiger partial charge in [-0.2, -0.15) is 13.2 Å². The molecule has 2 aromatic carbocycles. The van der Waals surface area contributed by atoms with Crippen LogP contribution in [-0.4, -0.2) is 26.1 Å². The number of Topliss-reactive ketones (excluding diaryl/α,β-unsaturated/α-hetero) is 1. The molecular weight excluding hydrogens is 336 g/mol. The molecule has 0 saturated carbocycles. The quantitative estimate of drug-likeness (QED) is 0.436. The zero-order valence-corrected chi connectivity index (χ0v) is 13.6. The van der Waals surface area contributed by atoms with Crippen molar-refractivity contribution in [2.24, 2.45) is 4.99 Å². The molecule has 0 aromatic heterocycles. The number of rotatable bonds is 5. The Morgan fingerprint density at radius 1 is 1.12 bits per heavy atom. The Morgan fingerprint density at radius 3 is 2.32 bits per heavy atom. The van der Waals surface area contributed by atoms with Crippen LogP contribution in [0.15, 0.2) is 47.5 Å². The van der Waals surface area contributed by atoms with Gasteiger partial charge in [0.05, 0.1) is 11.3 Å². The molecule has 0 bridgehead atoms. The fourth-order valence-electron chi connectivity index (χ4n) is 2.10. The minimum absolute atomic E-state index is 0.182. The van der Waals surface area contributed by atoms with E-state index in [1.54, 1.807) is 12.1 Å². The van der Waals surface area contributed by atoms with Crippen LogP contribution in [0.4, 0.5) is 28.9 Å². The molecule has 0 aliphatic heterocycles. The van der Waals surface area contributed by atoms with Gasteiger partial charge >= 0.3 is 6.18 Å². The second-order valence-electron chi connectivity index (χ2n) is 5.54. The first-order chi connectivity index (χ1) is 11.7. The van der Waals surface area contributed by atoms with Crippen LogP contribution in [0.3, 0.4) is 0 Å². The Morgan fingerprint density at radius 2 is 1.76 bits per heavy atom. The smallest absolute Gasteiger partial charge is 0.378 e. The first-order valence-electron chi connectivity index (χ1n) is 7.38. The van der Waals surface area contributed by atoms with E-state index in [0.717, 1.165) is 11.8 Å². The van der Waals surface area contributed by atoms with Crippen LogP contribution in [-0.2, 0) is 6.18 Å². The monoisotopic (exact) mass is 352 g/mol. The Labute approximate surface area is 142 Å². The molecule has 0 heterocycles. The number of nitrogens with zero attached hydrogens (tertiary/aromatic N) is 2. The Hall–Kier alpha value is -2.70. The van der Waals surface area contributed by atoms with Crippen molar-refractivity contribution < 1.29 is 22.4 Å². The summed E-state index contributed by atoms with van der Waals surface area (Å²) in [7, 11) is 3.80. The summed E-state index contributed by atoms with van der Waals surface area (Å²) in [5.41, 5.74) is -0.0489. The van der Waals surface area contributed by atoms with Crippen LogP contribution in [0, 0.1) is 5.82 Å². The van der Waals surface area contributed by atoms with Crippen LogP contribution in [0.5, 0.6) is 0 Å². The standard InChI is InChI=1S/C18H16F4N2O/c1-24(2)14-6-4-13(5-7-14)23-10-9-17(25)12-3-8-16(19)15(11-12)18(20,21)22/h3-8,10-11H,9H2,1-2H3. The fraction of sp³-hybridized carbons (Fsp3) is 0.222. The maximum atomic E-state index is 13.2. The van der Waals surface area contributed by atoms with Gasteiger partial charge in [0.25, 0.3) is 0 Å². The van der Waals surface area contributed by atoms with E-state index in [9.17, 15) is 22.4 Å².